The molecule has 0 radical (unpaired) electrons. The van der Waals surface area contributed by atoms with E-state index >= 15 is 0 Å². The van der Waals surface area contributed by atoms with Crippen molar-refractivity contribution in [2.45, 2.75) is 32.1 Å². The molecule has 3 aliphatic rings. The number of carbonyl (C=O) groups is 2. The molecule has 0 saturated carbocycles. The first kappa shape index (κ1) is 24.9. The van der Waals surface area contributed by atoms with E-state index in [1.165, 1.54) is 12.0 Å². The third-order valence-electron chi connectivity index (χ3n) is 6.42. The first-order chi connectivity index (χ1) is 13.7. The average Bonchev–Trinajstić information content (AvgIpc) is 3.26. The summed E-state index contributed by atoms with van der Waals surface area (Å²) in [5, 5.41) is 3.37. The Morgan fingerprint density at radius 2 is 1.77 bits per heavy atom. The smallest absolute Gasteiger partial charge is 0.241 e. The molecule has 1 unspecified atom stereocenters. The topological polar surface area (TPSA) is 55.9 Å². The van der Waals surface area contributed by atoms with Gasteiger partial charge in [0.05, 0.1) is 6.54 Å². The Morgan fingerprint density at radius 1 is 1.00 bits per heavy atom. The van der Waals surface area contributed by atoms with Crippen LogP contribution in [0.25, 0.3) is 0 Å². The Hall–Kier alpha value is -1.34. The van der Waals surface area contributed by atoms with E-state index < -0.39 is 0 Å². The molecule has 2 fully saturated rings. The molecule has 8 heteroatoms. The second kappa shape index (κ2) is 11.9. The van der Waals surface area contributed by atoms with Gasteiger partial charge in [-0.3, -0.25) is 14.5 Å². The maximum absolute atomic E-state index is 12.9. The van der Waals surface area contributed by atoms with Gasteiger partial charge in [-0.25, -0.2) is 0 Å². The van der Waals surface area contributed by atoms with E-state index in [0.29, 0.717) is 18.9 Å². The molecule has 0 spiro atoms. The molecule has 1 aromatic rings. The summed E-state index contributed by atoms with van der Waals surface area (Å²) in [6.45, 7) is 6.47. The summed E-state index contributed by atoms with van der Waals surface area (Å²) in [6.07, 6.45) is 4.94. The highest BCUT2D eigenvalue weighted by Gasteiger charge is 2.27. The molecule has 1 aromatic carbocycles. The second-order valence-electron chi connectivity index (χ2n) is 8.33. The molecule has 4 rings (SSSR count). The number of hydrogen-bond donors (Lipinski definition) is 1. The number of para-hydroxylation sites is 1. The molecule has 3 aliphatic heterocycles. The third-order valence-corrected chi connectivity index (χ3v) is 6.42. The molecule has 6 nitrogen and oxygen atoms in total. The molecule has 3 heterocycles. The summed E-state index contributed by atoms with van der Waals surface area (Å²) < 4.78 is 0. The number of benzene rings is 1. The maximum atomic E-state index is 12.9. The van der Waals surface area contributed by atoms with E-state index in [2.05, 4.69) is 22.3 Å². The quantitative estimate of drug-likeness (QED) is 0.738. The highest BCUT2D eigenvalue weighted by Crippen LogP contribution is 2.26. The Labute approximate surface area is 192 Å². The normalized spacial score (nSPS) is 21.4. The lowest BCUT2D eigenvalue weighted by Gasteiger charge is -2.36. The van der Waals surface area contributed by atoms with E-state index in [-0.39, 0.29) is 36.6 Å². The molecular formula is C22H34Cl2N4O2. The van der Waals surface area contributed by atoms with E-state index in [1.54, 1.807) is 0 Å². The zero-order chi connectivity index (χ0) is 19.3. The number of aryl methyl sites for hydroxylation is 1. The monoisotopic (exact) mass is 456 g/mol. The molecule has 0 bridgehead atoms. The zero-order valence-electron chi connectivity index (χ0n) is 17.6. The Morgan fingerprint density at radius 3 is 2.50 bits per heavy atom. The van der Waals surface area contributed by atoms with Gasteiger partial charge in [-0.2, -0.15) is 0 Å². The van der Waals surface area contributed by atoms with Crippen molar-refractivity contribution in [3.8, 4) is 0 Å². The van der Waals surface area contributed by atoms with Crippen molar-refractivity contribution in [3.63, 3.8) is 0 Å². The number of nitrogens with one attached hydrogen (secondary N) is 1. The largest absolute Gasteiger partial charge is 0.340 e. The Kier molecular flexibility index (Phi) is 9.88. The standard InChI is InChI=1S/C22H32N4O2.2ClH/c27-21(8-7-18-9-10-23-16-18)25-14-12-24(13-15-25)17-22(28)26-11-3-5-19-4-1-2-6-20(19)26;;/h1-2,4,6,18,23H,3,5,7-17H2;2*1H. The van der Waals surface area contributed by atoms with E-state index in [9.17, 15) is 9.59 Å². The molecular weight excluding hydrogens is 423 g/mol. The highest BCUT2D eigenvalue weighted by atomic mass is 35.5. The van der Waals surface area contributed by atoms with Crippen LogP contribution < -0.4 is 10.2 Å². The van der Waals surface area contributed by atoms with Crippen LogP contribution in [0.1, 0.15) is 31.2 Å². The minimum atomic E-state index is 0. The van der Waals surface area contributed by atoms with Gasteiger partial charge in [0, 0.05) is 44.8 Å². The number of piperazine rings is 1. The van der Waals surface area contributed by atoms with Gasteiger partial charge >= 0.3 is 0 Å². The average molecular weight is 457 g/mol. The summed E-state index contributed by atoms with van der Waals surface area (Å²) in [6, 6.07) is 8.24. The van der Waals surface area contributed by atoms with Crippen LogP contribution in [0.4, 0.5) is 5.69 Å². The lowest BCUT2D eigenvalue weighted by molar-refractivity contribution is -0.133. The van der Waals surface area contributed by atoms with Gasteiger partial charge in [-0.05, 0) is 56.3 Å². The fourth-order valence-corrected chi connectivity index (χ4v) is 4.67. The summed E-state index contributed by atoms with van der Waals surface area (Å²) >= 11 is 0. The Balaban J connectivity index is 0.00000160. The number of carbonyl (C=O) groups excluding carboxylic acids is 2. The lowest BCUT2D eigenvalue weighted by Crippen LogP contribution is -2.52. The van der Waals surface area contributed by atoms with Crippen LogP contribution >= 0.6 is 24.8 Å². The second-order valence-corrected chi connectivity index (χ2v) is 8.33. The minimum absolute atomic E-state index is 0. The first-order valence-electron chi connectivity index (χ1n) is 10.8. The van der Waals surface area contributed by atoms with Crippen molar-refractivity contribution >= 4 is 42.3 Å². The van der Waals surface area contributed by atoms with Gasteiger partial charge in [0.2, 0.25) is 11.8 Å². The number of fused-ring (bicyclic) bond motifs is 1. The van der Waals surface area contributed by atoms with Crippen LogP contribution in [0, 0.1) is 5.92 Å². The number of anilines is 1. The van der Waals surface area contributed by atoms with E-state index in [4.69, 9.17) is 0 Å². The molecule has 1 atom stereocenters. The summed E-state index contributed by atoms with van der Waals surface area (Å²) in [5.41, 5.74) is 2.35. The van der Waals surface area contributed by atoms with Gasteiger partial charge in [0.25, 0.3) is 0 Å². The molecule has 2 saturated heterocycles. The van der Waals surface area contributed by atoms with Gasteiger partial charge in [-0.15, -0.1) is 24.8 Å². The zero-order valence-corrected chi connectivity index (χ0v) is 19.2. The van der Waals surface area contributed by atoms with Crippen molar-refractivity contribution in [1.29, 1.82) is 0 Å². The van der Waals surface area contributed by atoms with Crippen LogP contribution in [-0.2, 0) is 16.0 Å². The van der Waals surface area contributed by atoms with Gasteiger partial charge in [0.15, 0.2) is 0 Å². The summed E-state index contributed by atoms with van der Waals surface area (Å²) in [4.78, 5) is 31.5. The maximum Gasteiger partial charge on any atom is 0.241 e. The van der Waals surface area contributed by atoms with E-state index in [0.717, 1.165) is 70.8 Å². The lowest BCUT2D eigenvalue weighted by atomic mass is 10.0. The first-order valence-corrected chi connectivity index (χ1v) is 10.8. The van der Waals surface area contributed by atoms with Gasteiger partial charge < -0.3 is 15.1 Å². The molecule has 2 amide bonds. The Bertz CT molecular complexity index is 704. The number of halogens is 2. The van der Waals surface area contributed by atoms with Crippen molar-refractivity contribution in [2.75, 3.05) is 57.3 Å². The molecule has 30 heavy (non-hydrogen) atoms. The number of hydrogen-bond acceptors (Lipinski definition) is 4. The fraction of sp³-hybridized carbons (Fsp3) is 0.636. The van der Waals surface area contributed by atoms with Crippen molar-refractivity contribution in [3.05, 3.63) is 29.8 Å². The predicted molar refractivity (Wildman–Crippen MR) is 125 cm³/mol. The number of rotatable bonds is 5. The van der Waals surface area contributed by atoms with Crippen LogP contribution in [0.2, 0.25) is 0 Å². The van der Waals surface area contributed by atoms with Crippen molar-refractivity contribution in [2.24, 2.45) is 5.92 Å². The van der Waals surface area contributed by atoms with Crippen LogP contribution in [0.5, 0.6) is 0 Å². The molecule has 1 N–H and O–H groups in total. The van der Waals surface area contributed by atoms with Gasteiger partial charge in [-0.1, -0.05) is 18.2 Å². The summed E-state index contributed by atoms with van der Waals surface area (Å²) in [5.74, 6) is 1.12. The van der Waals surface area contributed by atoms with Crippen molar-refractivity contribution < 1.29 is 9.59 Å². The van der Waals surface area contributed by atoms with Crippen LogP contribution in [-0.4, -0.2) is 74.0 Å². The fourth-order valence-electron chi connectivity index (χ4n) is 4.67. The minimum Gasteiger partial charge on any atom is -0.340 e. The summed E-state index contributed by atoms with van der Waals surface area (Å²) in [7, 11) is 0. The highest BCUT2D eigenvalue weighted by molar-refractivity contribution is 5.96. The van der Waals surface area contributed by atoms with Crippen LogP contribution in [0.15, 0.2) is 24.3 Å². The number of nitrogens with zero attached hydrogens (tertiary/aromatic N) is 3. The molecule has 0 aromatic heterocycles. The SMILES string of the molecule is Cl.Cl.O=C(CCC1CCNC1)N1CCN(CC(=O)N2CCCc3ccccc32)CC1. The number of amides is 2. The predicted octanol–water partition coefficient (Wildman–Crippen LogP) is 2.34. The molecule has 168 valence electrons. The molecule has 0 aliphatic carbocycles. The third kappa shape index (κ3) is 6.10. The van der Waals surface area contributed by atoms with Crippen LogP contribution in [0.3, 0.4) is 0 Å². The van der Waals surface area contributed by atoms with E-state index in [1.807, 2.05) is 21.9 Å². The van der Waals surface area contributed by atoms with Crippen molar-refractivity contribution in [1.82, 2.24) is 15.1 Å². The van der Waals surface area contributed by atoms with Gasteiger partial charge in [0.1, 0.15) is 0 Å².